The van der Waals surface area contributed by atoms with E-state index in [0.29, 0.717) is 11.4 Å². The summed E-state index contributed by atoms with van der Waals surface area (Å²) in [6, 6.07) is 7.23. The Morgan fingerprint density at radius 3 is 2.90 bits per heavy atom. The number of pyridine rings is 1. The van der Waals surface area contributed by atoms with Gasteiger partial charge in [0.05, 0.1) is 5.69 Å². The minimum atomic E-state index is -0.217. The van der Waals surface area contributed by atoms with Crippen LogP contribution in [0.5, 0.6) is 0 Å². The number of nitrogens with one attached hydrogen (secondary N) is 1. The van der Waals surface area contributed by atoms with Crippen molar-refractivity contribution in [3.05, 3.63) is 48.5 Å². The molecule has 2 aromatic heterocycles. The number of carbonyl (C=O) groups is 1. The summed E-state index contributed by atoms with van der Waals surface area (Å²) in [6.07, 6.45) is 5.17. The van der Waals surface area contributed by atoms with Gasteiger partial charge in [-0.15, -0.1) is 0 Å². The second-order valence-corrected chi connectivity index (χ2v) is 4.32. The number of aromatic nitrogens is 3. The monoisotopic (exact) mass is 267 g/mol. The fourth-order valence-electron chi connectivity index (χ4n) is 2.10. The molecule has 3 N–H and O–H groups in total. The number of rotatable bonds is 2. The average Bonchev–Trinajstić information content (AvgIpc) is 2.97. The molecule has 2 heterocycles. The molecule has 0 saturated heterocycles. The van der Waals surface area contributed by atoms with E-state index in [1.165, 1.54) is 0 Å². The first-order valence-corrected chi connectivity index (χ1v) is 6.11. The topological polar surface area (TPSA) is 85.8 Å². The highest BCUT2D eigenvalue weighted by molar-refractivity contribution is 5.98. The molecule has 1 aromatic carbocycles. The van der Waals surface area contributed by atoms with E-state index in [0.717, 1.165) is 16.5 Å². The summed E-state index contributed by atoms with van der Waals surface area (Å²) in [4.78, 5) is 15.6. The van der Waals surface area contributed by atoms with Crippen molar-refractivity contribution in [3.63, 3.8) is 0 Å². The molecule has 6 heteroatoms. The Bertz CT molecular complexity index is 793. The molecule has 0 fully saturated rings. The Morgan fingerprint density at radius 1 is 1.25 bits per heavy atom. The van der Waals surface area contributed by atoms with Gasteiger partial charge in [-0.25, -0.2) is 4.68 Å². The maximum absolute atomic E-state index is 11.6. The molecule has 0 atom stereocenters. The molecule has 3 rings (SSSR count). The van der Waals surface area contributed by atoms with Crippen molar-refractivity contribution < 1.29 is 4.79 Å². The Morgan fingerprint density at radius 2 is 2.10 bits per heavy atom. The Kier molecular flexibility index (Phi) is 2.83. The van der Waals surface area contributed by atoms with Gasteiger partial charge in [0, 0.05) is 42.1 Å². The number of hydrogen-bond donors (Lipinski definition) is 2. The maximum Gasteiger partial charge on any atom is 0.271 e. The van der Waals surface area contributed by atoms with Crippen molar-refractivity contribution in [2.45, 2.75) is 0 Å². The predicted octanol–water partition coefficient (Wildman–Crippen LogP) is 1.36. The third kappa shape index (κ3) is 1.87. The number of nitrogen functional groups attached to an aromatic ring is 1. The van der Waals surface area contributed by atoms with Crippen LogP contribution in [-0.4, -0.2) is 27.7 Å². The molecule has 6 nitrogen and oxygen atoms in total. The van der Waals surface area contributed by atoms with Crippen molar-refractivity contribution in [1.82, 2.24) is 20.1 Å². The van der Waals surface area contributed by atoms with Gasteiger partial charge in [0.2, 0.25) is 0 Å². The second-order valence-electron chi connectivity index (χ2n) is 4.32. The number of nitrogens with two attached hydrogens (primary N) is 1. The van der Waals surface area contributed by atoms with E-state index in [9.17, 15) is 4.79 Å². The lowest BCUT2D eigenvalue weighted by atomic mass is 10.1. The third-order valence-corrected chi connectivity index (χ3v) is 3.12. The number of carbonyl (C=O) groups excluding carboxylic acids is 1. The standard InChI is InChI=1S/C14H13N5O/c1-16-14(20)12-5-7-19(18-12)13-3-2-11(15)10-8-17-6-4-9(10)13/h2-8H,15H2,1H3,(H,16,20). The lowest BCUT2D eigenvalue weighted by molar-refractivity contribution is 0.0957. The highest BCUT2D eigenvalue weighted by Gasteiger charge is 2.10. The van der Waals surface area contributed by atoms with Gasteiger partial charge in [-0.3, -0.25) is 9.78 Å². The first-order valence-electron chi connectivity index (χ1n) is 6.11. The van der Waals surface area contributed by atoms with Crippen LogP contribution in [-0.2, 0) is 0 Å². The average molecular weight is 267 g/mol. The molecule has 0 aliphatic carbocycles. The second kappa shape index (κ2) is 4.65. The fourth-order valence-corrected chi connectivity index (χ4v) is 2.10. The number of anilines is 1. The van der Waals surface area contributed by atoms with Gasteiger partial charge in [-0.2, -0.15) is 5.10 Å². The highest BCUT2D eigenvalue weighted by atomic mass is 16.1. The molecule has 100 valence electrons. The minimum absolute atomic E-state index is 0.217. The van der Waals surface area contributed by atoms with E-state index in [4.69, 9.17) is 5.73 Å². The van der Waals surface area contributed by atoms with Crippen molar-refractivity contribution in [1.29, 1.82) is 0 Å². The molecule has 20 heavy (non-hydrogen) atoms. The Balaban J connectivity index is 2.17. The molecular weight excluding hydrogens is 254 g/mol. The summed E-state index contributed by atoms with van der Waals surface area (Å²) < 4.78 is 1.66. The van der Waals surface area contributed by atoms with Crippen LogP contribution in [0.2, 0.25) is 0 Å². The van der Waals surface area contributed by atoms with Crippen LogP contribution in [0.1, 0.15) is 10.5 Å². The smallest absolute Gasteiger partial charge is 0.271 e. The van der Waals surface area contributed by atoms with Crippen molar-refractivity contribution >= 4 is 22.4 Å². The first-order chi connectivity index (χ1) is 9.70. The molecule has 0 saturated carbocycles. The molecule has 1 amide bonds. The molecular formula is C14H13N5O. The number of hydrogen-bond acceptors (Lipinski definition) is 4. The quantitative estimate of drug-likeness (QED) is 0.686. The normalized spacial score (nSPS) is 10.7. The van der Waals surface area contributed by atoms with Gasteiger partial charge >= 0.3 is 0 Å². The zero-order valence-electron chi connectivity index (χ0n) is 10.9. The first kappa shape index (κ1) is 12.2. The predicted molar refractivity (Wildman–Crippen MR) is 76.7 cm³/mol. The van der Waals surface area contributed by atoms with Crippen molar-refractivity contribution in [2.75, 3.05) is 12.8 Å². The minimum Gasteiger partial charge on any atom is -0.398 e. The zero-order chi connectivity index (χ0) is 14.1. The van der Waals surface area contributed by atoms with E-state index in [1.807, 2.05) is 12.1 Å². The molecule has 0 unspecified atom stereocenters. The summed E-state index contributed by atoms with van der Waals surface area (Å²) in [5.74, 6) is -0.217. The zero-order valence-corrected chi connectivity index (χ0v) is 10.9. The number of nitrogens with zero attached hydrogens (tertiary/aromatic N) is 3. The summed E-state index contributed by atoms with van der Waals surface area (Å²) >= 11 is 0. The summed E-state index contributed by atoms with van der Waals surface area (Å²) in [5.41, 5.74) is 7.83. The molecule has 0 radical (unpaired) electrons. The van der Waals surface area contributed by atoms with Gasteiger partial charge in [0.15, 0.2) is 5.69 Å². The van der Waals surface area contributed by atoms with Crippen LogP contribution in [0.4, 0.5) is 5.69 Å². The van der Waals surface area contributed by atoms with Crippen LogP contribution in [0.25, 0.3) is 16.5 Å². The SMILES string of the molecule is CNC(=O)c1ccn(-c2ccc(N)c3cnccc23)n1. The lowest BCUT2D eigenvalue weighted by Crippen LogP contribution is -2.18. The van der Waals surface area contributed by atoms with Gasteiger partial charge in [0.1, 0.15) is 0 Å². The van der Waals surface area contributed by atoms with Gasteiger partial charge in [-0.05, 0) is 24.3 Å². The molecule has 0 aliphatic rings. The van der Waals surface area contributed by atoms with Gasteiger partial charge in [-0.1, -0.05) is 0 Å². The summed E-state index contributed by atoms with van der Waals surface area (Å²) in [7, 11) is 1.58. The molecule has 0 bridgehead atoms. The fraction of sp³-hybridized carbons (Fsp3) is 0.0714. The number of benzene rings is 1. The van der Waals surface area contributed by atoms with Crippen molar-refractivity contribution in [2.24, 2.45) is 0 Å². The number of amides is 1. The Labute approximate surface area is 115 Å². The molecule has 0 spiro atoms. The number of fused-ring (bicyclic) bond motifs is 1. The van der Waals surface area contributed by atoms with Crippen molar-refractivity contribution in [3.8, 4) is 5.69 Å². The van der Waals surface area contributed by atoms with E-state index < -0.39 is 0 Å². The maximum atomic E-state index is 11.6. The third-order valence-electron chi connectivity index (χ3n) is 3.12. The van der Waals surface area contributed by atoms with Crippen LogP contribution in [0, 0.1) is 0 Å². The highest BCUT2D eigenvalue weighted by Crippen LogP contribution is 2.26. The van der Waals surface area contributed by atoms with E-state index >= 15 is 0 Å². The Hall–Kier alpha value is -2.89. The van der Waals surface area contributed by atoms with Crippen LogP contribution in [0.3, 0.4) is 0 Å². The largest absolute Gasteiger partial charge is 0.398 e. The van der Waals surface area contributed by atoms with E-state index in [-0.39, 0.29) is 5.91 Å². The summed E-state index contributed by atoms with van der Waals surface area (Å²) in [5, 5.41) is 8.62. The van der Waals surface area contributed by atoms with E-state index in [2.05, 4.69) is 15.4 Å². The van der Waals surface area contributed by atoms with Gasteiger partial charge in [0.25, 0.3) is 5.91 Å². The van der Waals surface area contributed by atoms with E-state index in [1.54, 1.807) is 42.5 Å². The lowest BCUT2D eigenvalue weighted by Gasteiger charge is -2.08. The van der Waals surface area contributed by atoms with Crippen LogP contribution < -0.4 is 11.1 Å². The van der Waals surface area contributed by atoms with Gasteiger partial charge < -0.3 is 11.1 Å². The summed E-state index contributed by atoms with van der Waals surface area (Å²) in [6.45, 7) is 0. The van der Waals surface area contributed by atoms with Crippen LogP contribution >= 0.6 is 0 Å². The molecule has 0 aliphatic heterocycles. The molecule has 3 aromatic rings. The van der Waals surface area contributed by atoms with Crippen LogP contribution in [0.15, 0.2) is 42.9 Å².